The zero-order valence-electron chi connectivity index (χ0n) is 9.58. The first-order valence-electron chi connectivity index (χ1n) is 5.02. The molecule has 1 aliphatic rings. The van der Waals surface area contributed by atoms with Crippen LogP contribution in [-0.2, 0) is 9.84 Å². The summed E-state index contributed by atoms with van der Waals surface area (Å²) < 4.78 is 22.7. The van der Waals surface area contributed by atoms with Crippen LogP contribution in [0.5, 0.6) is 0 Å². The lowest BCUT2D eigenvalue weighted by Gasteiger charge is -2.25. The summed E-state index contributed by atoms with van der Waals surface area (Å²) in [6, 6.07) is -0.297. The molecule has 0 aromatic heterocycles. The van der Waals surface area contributed by atoms with Gasteiger partial charge in [-0.2, -0.15) is 0 Å². The highest BCUT2D eigenvalue weighted by Gasteiger charge is 2.36. The van der Waals surface area contributed by atoms with Crippen molar-refractivity contribution in [3.05, 3.63) is 0 Å². The minimum atomic E-state index is -3.02. The second-order valence-electron chi connectivity index (χ2n) is 5.05. The van der Waals surface area contributed by atoms with Crippen molar-refractivity contribution in [2.75, 3.05) is 11.5 Å². The van der Waals surface area contributed by atoms with Crippen molar-refractivity contribution >= 4 is 38.8 Å². The zero-order valence-corrected chi connectivity index (χ0v) is 12.0. The van der Waals surface area contributed by atoms with Crippen LogP contribution < -0.4 is 10.6 Å². The standard InChI is InChI=1S/C9H17ClN2O2S2/c1-9(2,3)12-8(15)11-7-5-16(13,14)4-6(7)10/h6-7H,4-5H2,1-3H3,(H2,11,12,15)/t6-,7-/m0/s1. The topological polar surface area (TPSA) is 58.2 Å². The maximum atomic E-state index is 11.3. The number of halogens is 1. The maximum absolute atomic E-state index is 11.3. The molecule has 1 saturated heterocycles. The van der Waals surface area contributed by atoms with E-state index >= 15 is 0 Å². The highest BCUT2D eigenvalue weighted by atomic mass is 35.5. The lowest BCUT2D eigenvalue weighted by atomic mass is 10.1. The average molecular weight is 285 g/mol. The van der Waals surface area contributed by atoms with Crippen molar-refractivity contribution in [3.8, 4) is 0 Å². The molecule has 94 valence electrons. The third-order valence-corrected chi connectivity index (χ3v) is 4.68. The molecule has 0 amide bonds. The molecule has 2 N–H and O–H groups in total. The molecule has 0 aromatic rings. The van der Waals surface area contributed by atoms with Crippen molar-refractivity contribution in [1.29, 1.82) is 0 Å². The van der Waals surface area contributed by atoms with Crippen LogP contribution in [0.15, 0.2) is 0 Å². The number of rotatable bonds is 1. The first-order valence-corrected chi connectivity index (χ1v) is 7.69. The highest BCUT2D eigenvalue weighted by Crippen LogP contribution is 2.17. The van der Waals surface area contributed by atoms with E-state index in [1.807, 2.05) is 20.8 Å². The minimum absolute atomic E-state index is 0.0182. The summed E-state index contributed by atoms with van der Waals surface area (Å²) in [5, 5.41) is 6.04. The summed E-state index contributed by atoms with van der Waals surface area (Å²) in [5.74, 6) is 0.0669. The molecular formula is C9H17ClN2O2S2. The number of sulfone groups is 1. The number of thiocarbonyl (C=S) groups is 1. The first kappa shape index (κ1) is 14.0. The van der Waals surface area contributed by atoms with Gasteiger partial charge in [0.25, 0.3) is 0 Å². The van der Waals surface area contributed by atoms with Crippen LogP contribution in [-0.4, -0.2) is 42.0 Å². The Morgan fingerprint density at radius 2 is 1.94 bits per heavy atom. The molecule has 0 bridgehead atoms. The Bertz CT molecular complexity index is 375. The molecule has 1 fully saturated rings. The Morgan fingerprint density at radius 1 is 1.38 bits per heavy atom. The van der Waals surface area contributed by atoms with Gasteiger partial charge in [0.05, 0.1) is 22.9 Å². The summed E-state index contributed by atoms with van der Waals surface area (Å²) in [6.45, 7) is 5.93. The predicted octanol–water partition coefficient (Wildman–Crippen LogP) is 0.653. The molecule has 1 heterocycles. The van der Waals surface area contributed by atoms with E-state index in [1.165, 1.54) is 0 Å². The number of hydrogen-bond donors (Lipinski definition) is 2. The first-order chi connectivity index (χ1) is 7.09. The van der Waals surface area contributed by atoms with Crippen LogP contribution in [0.2, 0.25) is 0 Å². The van der Waals surface area contributed by atoms with Crippen LogP contribution in [0, 0.1) is 0 Å². The van der Waals surface area contributed by atoms with Crippen LogP contribution in [0.1, 0.15) is 20.8 Å². The van der Waals surface area contributed by atoms with Crippen molar-refractivity contribution in [2.45, 2.75) is 37.7 Å². The number of nitrogens with one attached hydrogen (secondary N) is 2. The number of alkyl halides is 1. The lowest BCUT2D eigenvalue weighted by Crippen LogP contribution is -2.51. The van der Waals surface area contributed by atoms with E-state index in [-0.39, 0.29) is 23.1 Å². The van der Waals surface area contributed by atoms with Crippen molar-refractivity contribution < 1.29 is 8.42 Å². The fourth-order valence-electron chi connectivity index (χ4n) is 1.48. The van der Waals surface area contributed by atoms with Gasteiger partial charge in [0, 0.05) is 5.54 Å². The van der Waals surface area contributed by atoms with Crippen LogP contribution >= 0.6 is 23.8 Å². The molecule has 0 unspecified atom stereocenters. The van der Waals surface area contributed by atoms with Gasteiger partial charge in [0.15, 0.2) is 14.9 Å². The normalized spacial score (nSPS) is 28.8. The van der Waals surface area contributed by atoms with E-state index in [0.717, 1.165) is 0 Å². The fraction of sp³-hybridized carbons (Fsp3) is 0.889. The average Bonchev–Trinajstić information content (AvgIpc) is 2.19. The van der Waals surface area contributed by atoms with E-state index < -0.39 is 15.2 Å². The SMILES string of the molecule is CC(C)(C)NC(=S)N[C@H]1CS(=O)(=O)C[C@@H]1Cl. The second-order valence-corrected chi connectivity index (χ2v) is 8.17. The van der Waals surface area contributed by atoms with Gasteiger partial charge in [-0.1, -0.05) is 0 Å². The van der Waals surface area contributed by atoms with E-state index in [1.54, 1.807) is 0 Å². The largest absolute Gasteiger partial charge is 0.358 e. The third kappa shape index (κ3) is 4.43. The summed E-state index contributed by atoms with van der Waals surface area (Å²) >= 11 is 11.0. The summed E-state index contributed by atoms with van der Waals surface area (Å²) in [7, 11) is -3.02. The summed E-state index contributed by atoms with van der Waals surface area (Å²) in [5.41, 5.74) is -0.149. The van der Waals surface area contributed by atoms with Gasteiger partial charge in [-0.15, -0.1) is 11.6 Å². The molecule has 2 atom stereocenters. The summed E-state index contributed by atoms with van der Waals surface area (Å²) in [6.07, 6.45) is 0. The Kier molecular flexibility index (Phi) is 4.08. The van der Waals surface area contributed by atoms with Crippen molar-refractivity contribution in [1.82, 2.24) is 10.6 Å². The highest BCUT2D eigenvalue weighted by molar-refractivity contribution is 7.91. The lowest BCUT2D eigenvalue weighted by molar-refractivity contribution is 0.501. The molecule has 0 spiro atoms. The van der Waals surface area contributed by atoms with Crippen LogP contribution in [0.25, 0.3) is 0 Å². The van der Waals surface area contributed by atoms with E-state index in [9.17, 15) is 8.42 Å². The Hall–Kier alpha value is -0.0700. The molecule has 0 aliphatic carbocycles. The van der Waals surface area contributed by atoms with E-state index in [2.05, 4.69) is 10.6 Å². The van der Waals surface area contributed by atoms with Gasteiger partial charge in [-0.3, -0.25) is 0 Å². The fourth-order valence-corrected chi connectivity index (χ4v) is 4.49. The van der Waals surface area contributed by atoms with Crippen LogP contribution in [0.3, 0.4) is 0 Å². The minimum Gasteiger partial charge on any atom is -0.358 e. The monoisotopic (exact) mass is 284 g/mol. The van der Waals surface area contributed by atoms with Crippen molar-refractivity contribution in [3.63, 3.8) is 0 Å². The molecule has 1 aliphatic heterocycles. The number of hydrogen-bond acceptors (Lipinski definition) is 3. The van der Waals surface area contributed by atoms with Gasteiger partial charge in [-0.05, 0) is 33.0 Å². The Balaban J connectivity index is 2.53. The van der Waals surface area contributed by atoms with Crippen LogP contribution in [0.4, 0.5) is 0 Å². The molecular weight excluding hydrogens is 268 g/mol. The third-order valence-electron chi connectivity index (χ3n) is 2.09. The molecule has 0 radical (unpaired) electrons. The molecule has 4 nitrogen and oxygen atoms in total. The van der Waals surface area contributed by atoms with E-state index in [0.29, 0.717) is 5.11 Å². The molecule has 0 saturated carbocycles. The maximum Gasteiger partial charge on any atom is 0.166 e. The van der Waals surface area contributed by atoms with E-state index in [4.69, 9.17) is 23.8 Å². The quantitative estimate of drug-likeness (QED) is 0.547. The smallest absolute Gasteiger partial charge is 0.166 e. The Labute approximate surface area is 107 Å². The van der Waals surface area contributed by atoms with Gasteiger partial charge in [0.2, 0.25) is 0 Å². The van der Waals surface area contributed by atoms with Gasteiger partial charge < -0.3 is 10.6 Å². The molecule has 1 rings (SSSR count). The zero-order chi connectivity index (χ0) is 12.6. The van der Waals surface area contributed by atoms with Gasteiger partial charge in [-0.25, -0.2) is 8.42 Å². The molecule has 16 heavy (non-hydrogen) atoms. The molecule has 7 heteroatoms. The van der Waals surface area contributed by atoms with Gasteiger partial charge >= 0.3 is 0 Å². The second kappa shape index (κ2) is 4.66. The van der Waals surface area contributed by atoms with Crippen molar-refractivity contribution in [2.24, 2.45) is 0 Å². The molecule has 0 aromatic carbocycles. The predicted molar refractivity (Wildman–Crippen MR) is 70.7 cm³/mol. The Morgan fingerprint density at radius 3 is 2.31 bits per heavy atom. The summed E-state index contributed by atoms with van der Waals surface area (Å²) in [4.78, 5) is 0. The van der Waals surface area contributed by atoms with Gasteiger partial charge in [0.1, 0.15) is 0 Å².